The summed E-state index contributed by atoms with van der Waals surface area (Å²) >= 11 is 0. The van der Waals surface area contributed by atoms with Gasteiger partial charge < -0.3 is 0 Å². The van der Waals surface area contributed by atoms with E-state index in [2.05, 4.69) is 31.9 Å². The van der Waals surface area contributed by atoms with Gasteiger partial charge in [0.1, 0.15) is 6.10 Å². The standard InChI is InChI=1S/C10H16O2/c1-7-8(2)10(3,4)6-5-9(7)12-11/h9,11H,1-2,5-6H2,3-4H3. The summed E-state index contributed by atoms with van der Waals surface area (Å²) in [6, 6.07) is 0. The first-order chi connectivity index (χ1) is 5.49. The van der Waals surface area contributed by atoms with Crippen LogP contribution in [-0.4, -0.2) is 11.4 Å². The van der Waals surface area contributed by atoms with E-state index in [1.165, 1.54) is 0 Å². The third-order valence-electron chi connectivity index (χ3n) is 2.75. The quantitative estimate of drug-likeness (QED) is 0.482. The number of hydrogen-bond donors (Lipinski definition) is 1. The summed E-state index contributed by atoms with van der Waals surface area (Å²) in [4.78, 5) is 4.31. The highest BCUT2D eigenvalue weighted by Crippen LogP contribution is 2.42. The molecule has 0 aliphatic heterocycles. The van der Waals surface area contributed by atoms with E-state index in [1.54, 1.807) is 0 Å². The van der Waals surface area contributed by atoms with Gasteiger partial charge in [-0.3, -0.25) is 5.26 Å². The molecule has 0 radical (unpaired) electrons. The Bertz CT molecular complexity index is 216. The summed E-state index contributed by atoms with van der Waals surface area (Å²) in [6.07, 6.45) is 1.56. The minimum Gasteiger partial charge on any atom is -0.251 e. The van der Waals surface area contributed by atoms with Crippen molar-refractivity contribution in [2.75, 3.05) is 0 Å². The Morgan fingerprint density at radius 2 is 2.08 bits per heavy atom. The summed E-state index contributed by atoms with van der Waals surface area (Å²) in [6.45, 7) is 12.1. The van der Waals surface area contributed by atoms with Gasteiger partial charge in [-0.25, -0.2) is 4.89 Å². The average Bonchev–Trinajstić information content (AvgIpc) is 2.01. The van der Waals surface area contributed by atoms with Crippen LogP contribution in [0.4, 0.5) is 0 Å². The van der Waals surface area contributed by atoms with Gasteiger partial charge in [-0.1, -0.05) is 27.0 Å². The summed E-state index contributed by atoms with van der Waals surface area (Å²) in [5.74, 6) is 0. The Balaban J connectivity index is 2.80. The predicted molar refractivity (Wildman–Crippen MR) is 48.8 cm³/mol. The molecular weight excluding hydrogens is 152 g/mol. The molecule has 1 rings (SSSR count). The number of rotatable bonds is 1. The van der Waals surface area contributed by atoms with E-state index in [4.69, 9.17) is 5.26 Å². The maximum Gasteiger partial charge on any atom is 0.117 e. The molecule has 0 heterocycles. The van der Waals surface area contributed by atoms with Gasteiger partial charge >= 0.3 is 0 Å². The fourth-order valence-electron chi connectivity index (χ4n) is 1.56. The molecule has 1 saturated carbocycles. The van der Waals surface area contributed by atoms with E-state index in [1.807, 2.05) is 0 Å². The van der Waals surface area contributed by atoms with E-state index in [0.29, 0.717) is 0 Å². The summed E-state index contributed by atoms with van der Waals surface area (Å²) in [7, 11) is 0. The van der Waals surface area contributed by atoms with Crippen LogP contribution in [0.2, 0.25) is 0 Å². The zero-order valence-electron chi connectivity index (χ0n) is 7.76. The van der Waals surface area contributed by atoms with Crippen LogP contribution in [0.3, 0.4) is 0 Å². The molecule has 0 aromatic rings. The molecule has 1 aliphatic carbocycles. The zero-order valence-corrected chi connectivity index (χ0v) is 7.76. The van der Waals surface area contributed by atoms with Crippen LogP contribution in [0, 0.1) is 5.41 Å². The minimum absolute atomic E-state index is 0.103. The van der Waals surface area contributed by atoms with Crippen molar-refractivity contribution in [3.05, 3.63) is 24.3 Å². The second kappa shape index (κ2) is 3.04. The molecule has 1 atom stereocenters. The predicted octanol–water partition coefficient (Wildman–Crippen LogP) is 2.78. The molecule has 1 unspecified atom stereocenters. The van der Waals surface area contributed by atoms with Gasteiger partial charge in [0.15, 0.2) is 0 Å². The monoisotopic (exact) mass is 168 g/mol. The zero-order chi connectivity index (χ0) is 9.35. The molecule has 12 heavy (non-hydrogen) atoms. The van der Waals surface area contributed by atoms with Gasteiger partial charge in [-0.05, 0) is 29.4 Å². The first-order valence-electron chi connectivity index (χ1n) is 4.18. The third kappa shape index (κ3) is 1.45. The molecule has 2 heteroatoms. The summed E-state index contributed by atoms with van der Waals surface area (Å²) in [5, 5.41) is 8.55. The Hall–Kier alpha value is -0.600. The topological polar surface area (TPSA) is 29.5 Å². The van der Waals surface area contributed by atoms with Crippen LogP contribution < -0.4 is 0 Å². The largest absolute Gasteiger partial charge is 0.251 e. The smallest absolute Gasteiger partial charge is 0.117 e. The van der Waals surface area contributed by atoms with Crippen molar-refractivity contribution in [2.45, 2.75) is 32.8 Å². The lowest BCUT2D eigenvalue weighted by Crippen LogP contribution is -2.30. The first kappa shape index (κ1) is 9.49. The molecule has 0 saturated heterocycles. The highest BCUT2D eigenvalue weighted by atomic mass is 17.1. The molecule has 1 N–H and O–H groups in total. The molecule has 0 aromatic carbocycles. The Kier molecular flexibility index (Phi) is 2.40. The molecule has 2 nitrogen and oxygen atoms in total. The second-order valence-corrected chi connectivity index (χ2v) is 4.02. The Morgan fingerprint density at radius 3 is 2.58 bits per heavy atom. The van der Waals surface area contributed by atoms with Crippen LogP contribution in [-0.2, 0) is 4.89 Å². The van der Waals surface area contributed by atoms with Crippen LogP contribution in [0.25, 0.3) is 0 Å². The van der Waals surface area contributed by atoms with Crippen LogP contribution in [0.5, 0.6) is 0 Å². The maximum absolute atomic E-state index is 8.55. The van der Waals surface area contributed by atoms with Crippen LogP contribution in [0.15, 0.2) is 24.3 Å². The molecule has 0 amide bonds. The molecule has 0 bridgehead atoms. The Labute approximate surface area is 73.5 Å². The third-order valence-corrected chi connectivity index (χ3v) is 2.75. The minimum atomic E-state index is -0.245. The van der Waals surface area contributed by atoms with Gasteiger partial charge in [-0.15, -0.1) is 0 Å². The van der Waals surface area contributed by atoms with Gasteiger partial charge in [0.2, 0.25) is 0 Å². The van der Waals surface area contributed by atoms with Crippen molar-refractivity contribution in [3.8, 4) is 0 Å². The van der Waals surface area contributed by atoms with Gasteiger partial charge in [0.05, 0.1) is 0 Å². The summed E-state index contributed by atoms with van der Waals surface area (Å²) < 4.78 is 0. The second-order valence-electron chi connectivity index (χ2n) is 4.02. The summed E-state index contributed by atoms with van der Waals surface area (Å²) in [5.41, 5.74) is 1.92. The molecule has 0 spiro atoms. The van der Waals surface area contributed by atoms with E-state index >= 15 is 0 Å². The molecule has 0 aromatic heterocycles. The van der Waals surface area contributed by atoms with Crippen LogP contribution >= 0.6 is 0 Å². The van der Waals surface area contributed by atoms with Gasteiger partial charge in [-0.2, -0.15) is 0 Å². The normalized spacial score (nSPS) is 29.1. The van der Waals surface area contributed by atoms with Crippen molar-refractivity contribution in [3.63, 3.8) is 0 Å². The fourth-order valence-corrected chi connectivity index (χ4v) is 1.56. The Morgan fingerprint density at radius 1 is 1.50 bits per heavy atom. The van der Waals surface area contributed by atoms with E-state index in [9.17, 15) is 0 Å². The lowest BCUT2D eigenvalue weighted by molar-refractivity contribution is -0.271. The van der Waals surface area contributed by atoms with E-state index in [0.717, 1.165) is 24.0 Å². The maximum atomic E-state index is 8.55. The van der Waals surface area contributed by atoms with Crippen molar-refractivity contribution in [2.24, 2.45) is 5.41 Å². The van der Waals surface area contributed by atoms with Crippen LogP contribution in [0.1, 0.15) is 26.7 Å². The highest BCUT2D eigenvalue weighted by Gasteiger charge is 2.33. The SMILES string of the molecule is C=C1C(=C)C(C)(C)CCC1OO. The van der Waals surface area contributed by atoms with Crippen molar-refractivity contribution in [1.82, 2.24) is 0 Å². The first-order valence-corrected chi connectivity index (χ1v) is 4.18. The lowest BCUT2D eigenvalue weighted by atomic mass is 9.71. The molecule has 1 aliphatic rings. The lowest BCUT2D eigenvalue weighted by Gasteiger charge is -2.36. The molecular formula is C10H16O2. The van der Waals surface area contributed by atoms with Crippen molar-refractivity contribution < 1.29 is 10.1 Å². The highest BCUT2D eigenvalue weighted by molar-refractivity contribution is 5.36. The van der Waals surface area contributed by atoms with E-state index in [-0.39, 0.29) is 11.5 Å². The van der Waals surface area contributed by atoms with Gasteiger partial charge in [0, 0.05) is 0 Å². The molecule has 68 valence electrons. The van der Waals surface area contributed by atoms with Gasteiger partial charge in [0.25, 0.3) is 0 Å². The average molecular weight is 168 g/mol. The molecule has 1 fully saturated rings. The fraction of sp³-hybridized carbons (Fsp3) is 0.600. The van der Waals surface area contributed by atoms with E-state index < -0.39 is 0 Å². The van der Waals surface area contributed by atoms with Crippen molar-refractivity contribution >= 4 is 0 Å². The van der Waals surface area contributed by atoms with Crippen molar-refractivity contribution in [1.29, 1.82) is 0 Å². The number of hydrogen-bond acceptors (Lipinski definition) is 2.